The van der Waals surface area contributed by atoms with Crippen molar-refractivity contribution >= 4 is 0 Å². The number of hydrogen-bond acceptors (Lipinski definition) is 3. The van der Waals surface area contributed by atoms with Gasteiger partial charge in [0.25, 0.3) is 0 Å². The number of nitrogens with one attached hydrogen (secondary N) is 1. The molecule has 1 saturated carbocycles. The molecule has 3 heteroatoms. The lowest BCUT2D eigenvalue weighted by Gasteiger charge is -2.27. The van der Waals surface area contributed by atoms with Gasteiger partial charge in [0.2, 0.25) is 0 Å². The molecule has 15 heavy (non-hydrogen) atoms. The number of rotatable bonds is 4. The molecule has 1 heterocycles. The number of likely N-dealkylation sites (tertiary alicyclic amines) is 1. The highest BCUT2D eigenvalue weighted by atomic mass is 16.3. The minimum Gasteiger partial charge on any atom is -0.392 e. The van der Waals surface area contributed by atoms with Crippen LogP contribution in [0.3, 0.4) is 0 Å². The Kier molecular flexibility index (Phi) is 4.42. The Bertz CT molecular complexity index is 180. The highest BCUT2D eigenvalue weighted by Gasteiger charge is 2.24. The van der Waals surface area contributed by atoms with Crippen LogP contribution in [-0.2, 0) is 0 Å². The summed E-state index contributed by atoms with van der Waals surface area (Å²) in [6.45, 7) is 4.74. The Morgan fingerprint density at radius 1 is 1.07 bits per heavy atom. The summed E-state index contributed by atoms with van der Waals surface area (Å²) in [6.07, 6.45) is 7.38. The van der Waals surface area contributed by atoms with Crippen LogP contribution in [0.4, 0.5) is 0 Å². The SMILES string of the molecule is O[C@H]1CCC[C@@H]1NCCN1CCCCC1. The number of hydrogen-bond donors (Lipinski definition) is 2. The molecule has 1 saturated heterocycles. The molecule has 0 radical (unpaired) electrons. The Labute approximate surface area is 92.8 Å². The van der Waals surface area contributed by atoms with Crippen molar-refractivity contribution in [1.82, 2.24) is 10.2 Å². The number of aliphatic hydroxyl groups excluding tert-OH is 1. The van der Waals surface area contributed by atoms with E-state index in [1.807, 2.05) is 0 Å². The number of piperidine rings is 1. The molecule has 2 atom stereocenters. The average molecular weight is 212 g/mol. The Morgan fingerprint density at radius 2 is 1.87 bits per heavy atom. The molecule has 1 aliphatic carbocycles. The summed E-state index contributed by atoms with van der Waals surface area (Å²) in [5, 5.41) is 13.1. The Morgan fingerprint density at radius 3 is 2.53 bits per heavy atom. The van der Waals surface area contributed by atoms with E-state index in [0.29, 0.717) is 6.04 Å². The molecule has 0 spiro atoms. The van der Waals surface area contributed by atoms with Crippen molar-refractivity contribution in [3.63, 3.8) is 0 Å². The zero-order valence-electron chi connectivity index (χ0n) is 9.62. The van der Waals surface area contributed by atoms with Gasteiger partial charge in [-0.05, 0) is 45.2 Å². The Balaban J connectivity index is 1.57. The zero-order valence-corrected chi connectivity index (χ0v) is 9.62. The smallest absolute Gasteiger partial charge is 0.0693 e. The minimum absolute atomic E-state index is 0.0913. The number of aliphatic hydroxyl groups is 1. The second-order valence-electron chi connectivity index (χ2n) is 4.96. The highest BCUT2D eigenvalue weighted by molar-refractivity contribution is 4.82. The first-order valence-electron chi connectivity index (χ1n) is 6.50. The second-order valence-corrected chi connectivity index (χ2v) is 4.96. The van der Waals surface area contributed by atoms with Crippen LogP contribution in [0, 0.1) is 0 Å². The predicted octanol–water partition coefficient (Wildman–Crippen LogP) is 0.975. The fourth-order valence-corrected chi connectivity index (χ4v) is 2.77. The monoisotopic (exact) mass is 212 g/mol. The standard InChI is InChI=1S/C12H24N2O/c15-12-6-4-5-11(12)13-7-10-14-8-2-1-3-9-14/h11-13,15H,1-10H2/t11-,12-/m0/s1. The normalized spacial score (nSPS) is 33.4. The summed E-state index contributed by atoms with van der Waals surface area (Å²) in [5.41, 5.74) is 0. The topological polar surface area (TPSA) is 35.5 Å². The molecule has 2 aliphatic rings. The van der Waals surface area contributed by atoms with Gasteiger partial charge in [0.05, 0.1) is 6.10 Å². The quantitative estimate of drug-likeness (QED) is 0.729. The van der Waals surface area contributed by atoms with Gasteiger partial charge in [0.1, 0.15) is 0 Å². The van der Waals surface area contributed by atoms with Gasteiger partial charge in [0.15, 0.2) is 0 Å². The largest absolute Gasteiger partial charge is 0.392 e. The molecule has 2 N–H and O–H groups in total. The number of nitrogens with zero attached hydrogens (tertiary/aromatic N) is 1. The van der Waals surface area contributed by atoms with Crippen LogP contribution in [0.5, 0.6) is 0 Å². The maximum atomic E-state index is 9.65. The summed E-state index contributed by atoms with van der Waals surface area (Å²) in [4.78, 5) is 2.54. The van der Waals surface area contributed by atoms with Crippen LogP contribution in [0.1, 0.15) is 38.5 Å². The van der Waals surface area contributed by atoms with E-state index in [2.05, 4.69) is 10.2 Å². The highest BCUT2D eigenvalue weighted by Crippen LogP contribution is 2.18. The van der Waals surface area contributed by atoms with E-state index in [1.54, 1.807) is 0 Å². The van der Waals surface area contributed by atoms with Crippen LogP contribution in [0.15, 0.2) is 0 Å². The van der Waals surface area contributed by atoms with Crippen molar-refractivity contribution in [1.29, 1.82) is 0 Å². The van der Waals surface area contributed by atoms with E-state index in [1.165, 1.54) is 38.8 Å². The van der Waals surface area contributed by atoms with Crippen LogP contribution < -0.4 is 5.32 Å². The third-order valence-corrected chi connectivity index (χ3v) is 3.76. The first-order valence-corrected chi connectivity index (χ1v) is 6.50. The fraction of sp³-hybridized carbons (Fsp3) is 1.00. The van der Waals surface area contributed by atoms with E-state index in [0.717, 1.165) is 25.9 Å². The maximum absolute atomic E-state index is 9.65. The lowest BCUT2D eigenvalue weighted by Crippen LogP contribution is -2.42. The molecule has 0 bridgehead atoms. The molecule has 0 aromatic heterocycles. The van der Waals surface area contributed by atoms with E-state index < -0.39 is 0 Å². The molecule has 0 aromatic rings. The van der Waals surface area contributed by atoms with Gasteiger partial charge in [0, 0.05) is 19.1 Å². The minimum atomic E-state index is -0.0913. The molecule has 1 aliphatic heterocycles. The molecular formula is C12H24N2O. The zero-order chi connectivity index (χ0) is 10.5. The molecule has 2 rings (SSSR count). The van der Waals surface area contributed by atoms with Gasteiger partial charge in [-0.3, -0.25) is 0 Å². The average Bonchev–Trinajstić information content (AvgIpc) is 2.66. The lowest BCUT2D eigenvalue weighted by atomic mass is 10.1. The summed E-state index contributed by atoms with van der Waals surface area (Å²) in [5.74, 6) is 0. The van der Waals surface area contributed by atoms with Gasteiger partial charge in [-0.1, -0.05) is 6.42 Å². The van der Waals surface area contributed by atoms with Crippen LogP contribution in [0.2, 0.25) is 0 Å². The van der Waals surface area contributed by atoms with Gasteiger partial charge in [-0.15, -0.1) is 0 Å². The molecular weight excluding hydrogens is 188 g/mol. The van der Waals surface area contributed by atoms with Gasteiger partial charge >= 0.3 is 0 Å². The van der Waals surface area contributed by atoms with Crippen molar-refractivity contribution in [2.45, 2.75) is 50.7 Å². The third-order valence-electron chi connectivity index (χ3n) is 3.76. The fourth-order valence-electron chi connectivity index (χ4n) is 2.77. The van der Waals surface area contributed by atoms with Crippen LogP contribution >= 0.6 is 0 Å². The lowest BCUT2D eigenvalue weighted by molar-refractivity contribution is 0.145. The second kappa shape index (κ2) is 5.83. The van der Waals surface area contributed by atoms with E-state index in [9.17, 15) is 5.11 Å². The summed E-state index contributed by atoms with van der Waals surface area (Å²) < 4.78 is 0. The summed E-state index contributed by atoms with van der Waals surface area (Å²) in [7, 11) is 0. The third kappa shape index (κ3) is 3.44. The van der Waals surface area contributed by atoms with Crippen molar-refractivity contribution in [2.75, 3.05) is 26.2 Å². The molecule has 3 nitrogen and oxygen atoms in total. The van der Waals surface area contributed by atoms with Gasteiger partial charge in [-0.2, -0.15) is 0 Å². The van der Waals surface area contributed by atoms with Crippen LogP contribution in [-0.4, -0.2) is 48.3 Å². The van der Waals surface area contributed by atoms with Crippen molar-refractivity contribution < 1.29 is 5.11 Å². The molecule has 2 fully saturated rings. The molecule has 0 amide bonds. The molecule has 0 aromatic carbocycles. The molecule has 0 unspecified atom stereocenters. The van der Waals surface area contributed by atoms with Gasteiger partial charge < -0.3 is 15.3 Å². The van der Waals surface area contributed by atoms with E-state index in [-0.39, 0.29) is 6.10 Å². The van der Waals surface area contributed by atoms with Crippen molar-refractivity contribution in [3.05, 3.63) is 0 Å². The summed E-state index contributed by atoms with van der Waals surface area (Å²) >= 11 is 0. The predicted molar refractivity (Wildman–Crippen MR) is 61.9 cm³/mol. The van der Waals surface area contributed by atoms with Crippen molar-refractivity contribution in [3.8, 4) is 0 Å². The summed E-state index contributed by atoms with van der Waals surface area (Å²) in [6, 6.07) is 0.370. The van der Waals surface area contributed by atoms with E-state index >= 15 is 0 Å². The van der Waals surface area contributed by atoms with Gasteiger partial charge in [-0.25, -0.2) is 0 Å². The first kappa shape index (κ1) is 11.4. The maximum Gasteiger partial charge on any atom is 0.0693 e. The van der Waals surface area contributed by atoms with E-state index in [4.69, 9.17) is 0 Å². The van der Waals surface area contributed by atoms with Crippen LogP contribution in [0.25, 0.3) is 0 Å². The van der Waals surface area contributed by atoms with Crippen molar-refractivity contribution in [2.24, 2.45) is 0 Å². The Hall–Kier alpha value is -0.120. The molecule has 88 valence electrons. The first-order chi connectivity index (χ1) is 7.36.